The summed E-state index contributed by atoms with van der Waals surface area (Å²) in [6, 6.07) is 16.9. The van der Waals surface area contributed by atoms with Crippen LogP contribution in [0.5, 0.6) is 0 Å². The van der Waals surface area contributed by atoms with Gasteiger partial charge >= 0.3 is 37.0 Å². The van der Waals surface area contributed by atoms with Crippen LogP contribution in [0.4, 0.5) is 13.2 Å². The molecule has 4 nitrogen and oxygen atoms in total. The molecule has 28 heavy (non-hydrogen) atoms. The molecule has 0 bridgehead atoms. The van der Waals surface area contributed by atoms with Gasteiger partial charge in [-0.25, -0.2) is 0 Å². The van der Waals surface area contributed by atoms with Crippen LogP contribution in [0.15, 0.2) is 60.7 Å². The third-order valence-electron chi connectivity index (χ3n) is 3.45. The predicted octanol–water partition coefficient (Wildman–Crippen LogP) is 2.21. The van der Waals surface area contributed by atoms with Crippen LogP contribution in [0.25, 0.3) is 0 Å². The van der Waals surface area contributed by atoms with Crippen molar-refractivity contribution in [3.63, 3.8) is 0 Å². The Kier molecular flexibility index (Phi) is 11.9. The Balaban J connectivity index is 0.00000364. The van der Waals surface area contributed by atoms with Crippen LogP contribution < -0.4 is 0 Å². The zero-order valence-electron chi connectivity index (χ0n) is 13.7. The van der Waals surface area contributed by atoms with Gasteiger partial charge in [-0.3, -0.25) is 9.59 Å². The van der Waals surface area contributed by atoms with Crippen LogP contribution in [-0.4, -0.2) is 54.3 Å². The predicted molar refractivity (Wildman–Crippen MR) is 104 cm³/mol. The number of carbonyl (C=O) groups excluding carboxylic acids is 2. The van der Waals surface area contributed by atoms with Gasteiger partial charge in [0.15, 0.2) is 23.3 Å². The minimum absolute atomic E-state index is 0. The van der Waals surface area contributed by atoms with Gasteiger partial charge in [-0.2, -0.15) is 13.2 Å². The monoisotopic (exact) mass is 404 g/mol. The SMILES string of the molecule is O=C(OCc1ccccc1)C(CC(F)(F)F)C(=O)OCc1ccccc1.[AlH3].[LiH]. The average molecular weight is 404 g/mol. The molecule has 2 aromatic carbocycles. The molecular weight excluding hydrogens is 383 g/mol. The summed E-state index contributed by atoms with van der Waals surface area (Å²) >= 11 is 0. The maximum atomic E-state index is 12.7. The molecule has 0 aliphatic heterocycles. The minimum atomic E-state index is -4.71. The molecule has 0 amide bonds. The number of carbonyl (C=O) groups is 2. The molecular formula is C19H21AlF3LiO4. The molecule has 0 saturated heterocycles. The first-order valence-electron chi connectivity index (χ1n) is 7.83. The van der Waals surface area contributed by atoms with Crippen LogP contribution in [0, 0.1) is 5.92 Å². The van der Waals surface area contributed by atoms with Crippen molar-refractivity contribution in [2.45, 2.75) is 25.8 Å². The van der Waals surface area contributed by atoms with E-state index in [9.17, 15) is 22.8 Å². The van der Waals surface area contributed by atoms with Crippen molar-refractivity contribution in [1.29, 1.82) is 0 Å². The van der Waals surface area contributed by atoms with Gasteiger partial charge in [0.25, 0.3) is 0 Å². The molecule has 2 rings (SSSR count). The standard InChI is InChI=1S/C19H17F3O4.Al.Li.4H/c20-19(21,22)11-16(17(23)25-12-14-7-3-1-4-8-14)18(24)26-13-15-9-5-2-6-10-15;;;;;;/h1-10,16H,11-13H2;;;;;;. The fourth-order valence-corrected chi connectivity index (χ4v) is 2.15. The molecule has 0 N–H and O–H groups in total. The summed E-state index contributed by atoms with van der Waals surface area (Å²) in [4.78, 5) is 24.0. The van der Waals surface area contributed by atoms with Crippen LogP contribution in [0.2, 0.25) is 0 Å². The molecule has 0 aliphatic rings. The second kappa shape index (κ2) is 12.7. The van der Waals surface area contributed by atoms with Crippen molar-refractivity contribution >= 4 is 48.2 Å². The first kappa shape index (κ1) is 26.3. The molecule has 0 fully saturated rings. The van der Waals surface area contributed by atoms with E-state index in [4.69, 9.17) is 9.47 Å². The molecule has 0 spiro atoms. The third-order valence-corrected chi connectivity index (χ3v) is 3.45. The van der Waals surface area contributed by atoms with Crippen molar-refractivity contribution in [3.8, 4) is 0 Å². The summed E-state index contributed by atoms with van der Waals surface area (Å²) in [5.41, 5.74) is 1.20. The van der Waals surface area contributed by atoms with Crippen LogP contribution in [0.1, 0.15) is 17.5 Å². The normalized spacial score (nSPS) is 10.4. The Bertz CT molecular complexity index is 671. The molecule has 0 heterocycles. The summed E-state index contributed by atoms with van der Waals surface area (Å²) in [6.07, 6.45) is -6.34. The Morgan fingerprint density at radius 2 is 1.14 bits per heavy atom. The number of halogens is 3. The van der Waals surface area contributed by atoms with E-state index in [-0.39, 0.29) is 49.4 Å². The van der Waals surface area contributed by atoms with E-state index < -0.39 is 30.5 Å². The van der Waals surface area contributed by atoms with E-state index in [2.05, 4.69) is 0 Å². The van der Waals surface area contributed by atoms with Crippen LogP contribution in [-0.2, 0) is 32.3 Å². The van der Waals surface area contributed by atoms with E-state index in [1.54, 1.807) is 60.7 Å². The first-order valence-corrected chi connectivity index (χ1v) is 7.83. The van der Waals surface area contributed by atoms with Gasteiger partial charge in [-0.05, 0) is 11.1 Å². The number of hydrogen-bond donors (Lipinski definition) is 0. The number of alkyl halides is 3. The summed E-state index contributed by atoms with van der Waals surface area (Å²) < 4.78 is 48.0. The molecule has 0 atom stereocenters. The molecule has 0 aliphatic carbocycles. The van der Waals surface area contributed by atoms with Crippen molar-refractivity contribution in [2.75, 3.05) is 0 Å². The molecule has 0 saturated carbocycles. The van der Waals surface area contributed by atoms with Crippen LogP contribution in [0.3, 0.4) is 0 Å². The second-order valence-corrected chi connectivity index (χ2v) is 5.56. The van der Waals surface area contributed by atoms with Gasteiger partial charge in [0.2, 0.25) is 0 Å². The molecule has 2 aromatic rings. The van der Waals surface area contributed by atoms with Crippen molar-refractivity contribution in [1.82, 2.24) is 0 Å². The third kappa shape index (κ3) is 9.48. The number of benzene rings is 2. The topological polar surface area (TPSA) is 52.6 Å². The molecule has 146 valence electrons. The molecule has 9 heteroatoms. The number of hydrogen-bond acceptors (Lipinski definition) is 4. The van der Waals surface area contributed by atoms with E-state index in [1.807, 2.05) is 0 Å². The summed E-state index contributed by atoms with van der Waals surface area (Å²) in [7, 11) is 0. The summed E-state index contributed by atoms with van der Waals surface area (Å²) in [5, 5.41) is 0. The van der Waals surface area contributed by atoms with E-state index in [0.29, 0.717) is 11.1 Å². The molecule has 0 radical (unpaired) electrons. The number of esters is 2. The fourth-order valence-electron chi connectivity index (χ4n) is 2.15. The van der Waals surface area contributed by atoms with E-state index in [1.165, 1.54) is 0 Å². The van der Waals surface area contributed by atoms with Crippen molar-refractivity contribution in [2.24, 2.45) is 5.92 Å². The average Bonchev–Trinajstić information content (AvgIpc) is 2.63. The van der Waals surface area contributed by atoms with Gasteiger partial charge < -0.3 is 9.47 Å². The fraction of sp³-hybridized carbons (Fsp3) is 0.263. The van der Waals surface area contributed by atoms with E-state index in [0.717, 1.165) is 0 Å². The first-order chi connectivity index (χ1) is 12.3. The van der Waals surface area contributed by atoms with Gasteiger partial charge in [0.05, 0.1) is 6.42 Å². The van der Waals surface area contributed by atoms with Gasteiger partial charge in [-0.15, -0.1) is 0 Å². The zero-order valence-corrected chi connectivity index (χ0v) is 13.7. The van der Waals surface area contributed by atoms with Gasteiger partial charge in [-0.1, -0.05) is 60.7 Å². The maximum absolute atomic E-state index is 12.7. The van der Waals surface area contributed by atoms with Gasteiger partial charge in [0, 0.05) is 0 Å². The second-order valence-electron chi connectivity index (χ2n) is 5.56. The van der Waals surface area contributed by atoms with Crippen molar-refractivity contribution < 1.29 is 32.2 Å². The number of rotatable bonds is 7. The summed E-state index contributed by atoms with van der Waals surface area (Å²) in [6.45, 7) is -0.444. The Hall–Kier alpha value is -1.70. The van der Waals surface area contributed by atoms with Gasteiger partial charge in [0.1, 0.15) is 13.2 Å². The van der Waals surface area contributed by atoms with E-state index >= 15 is 0 Å². The molecule has 0 unspecified atom stereocenters. The Morgan fingerprint density at radius 1 is 0.786 bits per heavy atom. The Labute approximate surface area is 183 Å². The quantitative estimate of drug-likeness (QED) is 0.404. The summed E-state index contributed by atoms with van der Waals surface area (Å²) in [5.74, 6) is -4.57. The zero-order chi connectivity index (χ0) is 19.0. The van der Waals surface area contributed by atoms with Crippen LogP contribution >= 0.6 is 0 Å². The number of ether oxygens (including phenoxy) is 2. The van der Waals surface area contributed by atoms with Crippen molar-refractivity contribution in [3.05, 3.63) is 71.8 Å². The molecule has 0 aromatic heterocycles. The Morgan fingerprint density at radius 3 is 1.46 bits per heavy atom.